The standard InChI is InChI=1S/C12H13F2NO2/c1-7-2-3-9(13)12(11(7)14)15-5-8(6-16)4-10(15)17/h2-3,8,16H,4-6H2,1H3. The van der Waals surface area contributed by atoms with Gasteiger partial charge in [0.25, 0.3) is 0 Å². The predicted molar refractivity (Wildman–Crippen MR) is 58.6 cm³/mol. The average molecular weight is 241 g/mol. The van der Waals surface area contributed by atoms with Crippen LogP contribution in [-0.2, 0) is 4.79 Å². The molecule has 1 amide bonds. The van der Waals surface area contributed by atoms with Gasteiger partial charge in [0, 0.05) is 25.5 Å². The number of halogens is 2. The minimum absolute atomic E-state index is 0.128. The molecule has 0 spiro atoms. The first-order valence-electron chi connectivity index (χ1n) is 5.40. The fourth-order valence-corrected chi connectivity index (χ4v) is 2.01. The van der Waals surface area contributed by atoms with Crippen molar-refractivity contribution in [2.75, 3.05) is 18.1 Å². The van der Waals surface area contributed by atoms with Gasteiger partial charge in [-0.2, -0.15) is 0 Å². The molecule has 17 heavy (non-hydrogen) atoms. The maximum Gasteiger partial charge on any atom is 0.227 e. The Morgan fingerprint density at radius 2 is 2.18 bits per heavy atom. The molecular formula is C12H13F2NO2. The molecule has 0 bridgehead atoms. The van der Waals surface area contributed by atoms with Crippen LogP contribution in [0.1, 0.15) is 12.0 Å². The number of carbonyl (C=O) groups excluding carboxylic acids is 1. The number of rotatable bonds is 2. The van der Waals surface area contributed by atoms with Gasteiger partial charge < -0.3 is 10.0 Å². The lowest BCUT2D eigenvalue weighted by atomic mass is 10.1. The summed E-state index contributed by atoms with van der Waals surface area (Å²) < 4.78 is 27.4. The topological polar surface area (TPSA) is 40.5 Å². The van der Waals surface area contributed by atoms with E-state index in [4.69, 9.17) is 5.11 Å². The second-order valence-corrected chi connectivity index (χ2v) is 4.28. The van der Waals surface area contributed by atoms with Gasteiger partial charge in [-0.05, 0) is 18.6 Å². The minimum Gasteiger partial charge on any atom is -0.396 e. The Kier molecular flexibility index (Phi) is 3.11. The van der Waals surface area contributed by atoms with Gasteiger partial charge in [0.15, 0.2) is 5.82 Å². The van der Waals surface area contributed by atoms with Crippen LogP contribution in [-0.4, -0.2) is 24.2 Å². The van der Waals surface area contributed by atoms with Crippen molar-refractivity contribution in [1.29, 1.82) is 0 Å². The van der Waals surface area contributed by atoms with E-state index in [1.165, 1.54) is 13.0 Å². The lowest BCUT2D eigenvalue weighted by molar-refractivity contribution is -0.117. The molecule has 1 aliphatic heterocycles. The zero-order chi connectivity index (χ0) is 12.6. The van der Waals surface area contributed by atoms with E-state index in [-0.39, 0.29) is 37.1 Å². The van der Waals surface area contributed by atoms with Crippen molar-refractivity contribution < 1.29 is 18.7 Å². The van der Waals surface area contributed by atoms with Gasteiger partial charge in [0.2, 0.25) is 5.91 Å². The maximum absolute atomic E-state index is 13.8. The highest BCUT2D eigenvalue weighted by Gasteiger charge is 2.33. The Morgan fingerprint density at radius 3 is 2.76 bits per heavy atom. The van der Waals surface area contributed by atoms with Crippen molar-refractivity contribution in [3.63, 3.8) is 0 Å². The van der Waals surface area contributed by atoms with Crippen molar-refractivity contribution in [1.82, 2.24) is 0 Å². The summed E-state index contributed by atoms with van der Waals surface area (Å²) in [5, 5.41) is 8.98. The van der Waals surface area contributed by atoms with E-state index in [0.29, 0.717) is 5.56 Å². The van der Waals surface area contributed by atoms with Gasteiger partial charge in [0.05, 0.1) is 0 Å². The molecule has 1 heterocycles. The van der Waals surface area contributed by atoms with E-state index in [1.54, 1.807) is 0 Å². The first-order valence-corrected chi connectivity index (χ1v) is 5.40. The lowest BCUT2D eigenvalue weighted by Crippen LogP contribution is -2.27. The Balaban J connectivity index is 2.41. The molecular weight excluding hydrogens is 228 g/mol. The number of hydrogen-bond acceptors (Lipinski definition) is 2. The first-order chi connectivity index (χ1) is 8.04. The number of nitrogens with zero attached hydrogens (tertiary/aromatic N) is 1. The number of anilines is 1. The van der Waals surface area contributed by atoms with Gasteiger partial charge in [-0.3, -0.25) is 4.79 Å². The van der Waals surface area contributed by atoms with E-state index < -0.39 is 11.6 Å². The number of aliphatic hydroxyl groups is 1. The van der Waals surface area contributed by atoms with Crippen molar-refractivity contribution in [3.8, 4) is 0 Å². The van der Waals surface area contributed by atoms with E-state index >= 15 is 0 Å². The summed E-state index contributed by atoms with van der Waals surface area (Å²) in [5.74, 6) is -2.06. The van der Waals surface area contributed by atoms with E-state index in [1.807, 2.05) is 0 Å². The fraction of sp³-hybridized carbons (Fsp3) is 0.417. The molecule has 1 atom stereocenters. The van der Waals surface area contributed by atoms with Gasteiger partial charge in [-0.1, -0.05) is 6.07 Å². The Labute approximate surface area is 97.7 Å². The van der Waals surface area contributed by atoms with Crippen LogP contribution in [0, 0.1) is 24.5 Å². The molecule has 0 radical (unpaired) electrons. The summed E-state index contributed by atoms with van der Waals surface area (Å²) in [6, 6.07) is 2.48. The van der Waals surface area contributed by atoms with Crippen LogP contribution in [0.3, 0.4) is 0 Å². The molecule has 3 nitrogen and oxygen atoms in total. The van der Waals surface area contributed by atoms with Crippen molar-refractivity contribution in [3.05, 3.63) is 29.3 Å². The van der Waals surface area contributed by atoms with Gasteiger partial charge >= 0.3 is 0 Å². The number of amides is 1. The first kappa shape index (κ1) is 12.0. The highest BCUT2D eigenvalue weighted by atomic mass is 19.1. The molecule has 1 aromatic carbocycles. The number of benzene rings is 1. The van der Waals surface area contributed by atoms with Crippen LogP contribution in [0.15, 0.2) is 12.1 Å². The van der Waals surface area contributed by atoms with Crippen molar-refractivity contribution in [2.45, 2.75) is 13.3 Å². The lowest BCUT2D eigenvalue weighted by Gasteiger charge is -2.18. The molecule has 2 rings (SSSR count). The second kappa shape index (κ2) is 4.41. The van der Waals surface area contributed by atoms with Crippen LogP contribution in [0.25, 0.3) is 0 Å². The number of carbonyl (C=O) groups is 1. The Bertz CT molecular complexity index is 462. The summed E-state index contributed by atoms with van der Waals surface area (Å²) in [6.07, 6.45) is 0.128. The van der Waals surface area contributed by atoms with E-state index in [0.717, 1.165) is 11.0 Å². The SMILES string of the molecule is Cc1ccc(F)c(N2CC(CO)CC2=O)c1F. The van der Waals surface area contributed by atoms with Crippen molar-refractivity contribution >= 4 is 11.6 Å². The molecule has 5 heteroatoms. The predicted octanol–water partition coefficient (Wildman–Crippen LogP) is 1.62. The summed E-state index contributed by atoms with van der Waals surface area (Å²) in [4.78, 5) is 12.7. The molecule has 1 aromatic rings. The van der Waals surface area contributed by atoms with Gasteiger partial charge in [0.1, 0.15) is 11.5 Å². The zero-order valence-electron chi connectivity index (χ0n) is 9.41. The summed E-state index contributed by atoms with van der Waals surface area (Å²) >= 11 is 0. The molecule has 0 aliphatic carbocycles. The molecule has 1 aliphatic rings. The third-order valence-electron chi connectivity index (χ3n) is 2.99. The normalized spacial score (nSPS) is 20.1. The summed E-state index contributed by atoms with van der Waals surface area (Å²) in [5.41, 5.74) is -0.00685. The van der Waals surface area contributed by atoms with Gasteiger partial charge in [-0.15, -0.1) is 0 Å². The highest BCUT2D eigenvalue weighted by Crippen LogP contribution is 2.31. The smallest absolute Gasteiger partial charge is 0.227 e. The van der Waals surface area contributed by atoms with Crippen LogP contribution < -0.4 is 4.90 Å². The molecule has 1 unspecified atom stereocenters. The number of aryl methyl sites for hydroxylation is 1. The van der Waals surface area contributed by atoms with Crippen LogP contribution in [0.4, 0.5) is 14.5 Å². The van der Waals surface area contributed by atoms with Gasteiger partial charge in [-0.25, -0.2) is 8.78 Å². The minimum atomic E-state index is -0.750. The second-order valence-electron chi connectivity index (χ2n) is 4.28. The fourth-order valence-electron chi connectivity index (χ4n) is 2.01. The van der Waals surface area contributed by atoms with Crippen LogP contribution in [0.2, 0.25) is 0 Å². The Hall–Kier alpha value is -1.49. The molecule has 1 fully saturated rings. The highest BCUT2D eigenvalue weighted by molar-refractivity contribution is 5.96. The van der Waals surface area contributed by atoms with Crippen LogP contribution in [0.5, 0.6) is 0 Å². The third kappa shape index (κ3) is 2.02. The molecule has 0 aromatic heterocycles. The summed E-state index contributed by atoms with van der Waals surface area (Å²) in [7, 11) is 0. The maximum atomic E-state index is 13.8. The van der Waals surface area contributed by atoms with Crippen LogP contribution >= 0.6 is 0 Å². The summed E-state index contributed by atoms with van der Waals surface area (Å²) in [6.45, 7) is 1.52. The average Bonchev–Trinajstić information content (AvgIpc) is 2.66. The largest absolute Gasteiger partial charge is 0.396 e. The molecule has 1 N–H and O–H groups in total. The molecule has 0 saturated carbocycles. The molecule has 1 saturated heterocycles. The number of aliphatic hydroxyl groups excluding tert-OH is 1. The number of hydrogen-bond donors (Lipinski definition) is 1. The van der Waals surface area contributed by atoms with E-state index in [2.05, 4.69) is 0 Å². The molecule has 92 valence electrons. The monoisotopic (exact) mass is 241 g/mol. The van der Waals surface area contributed by atoms with Crippen molar-refractivity contribution in [2.24, 2.45) is 5.92 Å². The Morgan fingerprint density at radius 1 is 1.47 bits per heavy atom. The quantitative estimate of drug-likeness (QED) is 0.854. The van der Waals surface area contributed by atoms with E-state index in [9.17, 15) is 13.6 Å². The third-order valence-corrected chi connectivity index (χ3v) is 2.99. The zero-order valence-corrected chi connectivity index (χ0v) is 9.41.